The van der Waals surface area contributed by atoms with Crippen LogP contribution in [0.2, 0.25) is 0 Å². The van der Waals surface area contributed by atoms with Crippen molar-refractivity contribution >= 4 is 17.3 Å². The zero-order valence-electron chi connectivity index (χ0n) is 20.4. The Balaban J connectivity index is 1.60. The fourth-order valence-electron chi connectivity index (χ4n) is 4.85. The number of aliphatic hydroxyl groups excluding tert-OH is 1. The summed E-state index contributed by atoms with van der Waals surface area (Å²) in [6, 6.07) is 6.89. The predicted molar refractivity (Wildman–Crippen MR) is 132 cm³/mol. The van der Waals surface area contributed by atoms with Crippen LogP contribution in [-0.2, 0) is 11.8 Å². The number of hydrogen-bond acceptors (Lipinski definition) is 6. The molecule has 4 rings (SSSR count). The molecule has 2 aliphatic rings. The molecule has 1 amide bonds. The van der Waals surface area contributed by atoms with Gasteiger partial charge in [-0.2, -0.15) is 0 Å². The molecule has 3 atom stereocenters. The molecule has 8 nitrogen and oxygen atoms in total. The van der Waals surface area contributed by atoms with Crippen LogP contribution in [0.4, 0.5) is 4.39 Å². The molecule has 0 bridgehead atoms. The molecule has 1 aliphatic heterocycles. The summed E-state index contributed by atoms with van der Waals surface area (Å²) in [6.45, 7) is 5.41. The van der Waals surface area contributed by atoms with Gasteiger partial charge in [-0.1, -0.05) is 47.5 Å². The van der Waals surface area contributed by atoms with E-state index in [-0.39, 0.29) is 18.1 Å². The molecule has 35 heavy (non-hydrogen) atoms. The van der Waals surface area contributed by atoms with Gasteiger partial charge >= 0.3 is 0 Å². The largest absolute Gasteiger partial charge is 0.394 e. The van der Waals surface area contributed by atoms with Gasteiger partial charge in [0.05, 0.1) is 35.5 Å². The molecule has 0 saturated heterocycles. The van der Waals surface area contributed by atoms with E-state index in [0.717, 1.165) is 28.0 Å². The van der Waals surface area contributed by atoms with Crippen molar-refractivity contribution in [3.8, 4) is 0 Å². The number of halogens is 1. The molecule has 2 heterocycles. The van der Waals surface area contributed by atoms with Gasteiger partial charge in [0.15, 0.2) is 0 Å². The Bertz CT molecular complexity index is 1270. The highest BCUT2D eigenvalue weighted by atomic mass is 19.1. The smallest absolute Gasteiger partial charge is 0.251 e. The normalized spacial score (nSPS) is 23.4. The number of allylic oxidation sites excluding steroid dienone is 3. The highest BCUT2D eigenvalue weighted by Crippen LogP contribution is 2.46. The van der Waals surface area contributed by atoms with Crippen LogP contribution in [0.15, 0.2) is 64.7 Å². The first-order valence-electron chi connectivity index (χ1n) is 11.6. The number of aromatic nitrogens is 3. The highest BCUT2D eigenvalue weighted by Gasteiger charge is 2.40. The lowest BCUT2D eigenvalue weighted by molar-refractivity contribution is -0.119. The van der Waals surface area contributed by atoms with E-state index in [0.29, 0.717) is 18.7 Å². The van der Waals surface area contributed by atoms with Crippen LogP contribution in [-0.4, -0.2) is 38.5 Å². The SMILES string of the molecule is Cc1cccc([C@@H](CO)NC(=O)C2=C(F)C=C(C3(C)CC(c4cnnn4C)=CN=C3N)CC2C)c1. The van der Waals surface area contributed by atoms with Crippen LogP contribution in [0.5, 0.6) is 0 Å². The predicted octanol–water partition coefficient (Wildman–Crippen LogP) is 3.27. The van der Waals surface area contributed by atoms with E-state index in [1.807, 2.05) is 45.0 Å². The van der Waals surface area contributed by atoms with Crippen molar-refractivity contribution in [3.05, 3.63) is 76.5 Å². The molecule has 0 saturated carbocycles. The Hall–Kier alpha value is -3.59. The van der Waals surface area contributed by atoms with Crippen LogP contribution in [0.1, 0.15) is 49.6 Å². The second-order valence-corrected chi connectivity index (χ2v) is 9.58. The van der Waals surface area contributed by atoms with Gasteiger partial charge in [-0.3, -0.25) is 4.79 Å². The molecular weight excluding hydrogens is 447 g/mol. The van der Waals surface area contributed by atoms with Crippen molar-refractivity contribution in [2.24, 2.45) is 29.1 Å². The van der Waals surface area contributed by atoms with Gasteiger partial charge in [-0.25, -0.2) is 14.1 Å². The maximum atomic E-state index is 15.5. The van der Waals surface area contributed by atoms with Gasteiger partial charge < -0.3 is 16.2 Å². The number of nitrogens with zero attached hydrogens (tertiary/aromatic N) is 4. The first-order chi connectivity index (χ1) is 16.6. The highest BCUT2D eigenvalue weighted by molar-refractivity contribution is 5.97. The van der Waals surface area contributed by atoms with Gasteiger partial charge in [0.25, 0.3) is 5.91 Å². The number of nitrogens with one attached hydrogen (secondary N) is 1. The number of amidine groups is 1. The van der Waals surface area contributed by atoms with Crippen molar-refractivity contribution < 1.29 is 14.3 Å². The summed E-state index contributed by atoms with van der Waals surface area (Å²) < 4.78 is 17.1. The first kappa shape index (κ1) is 24.5. The number of carbonyl (C=O) groups is 1. The number of benzene rings is 1. The molecule has 4 N–H and O–H groups in total. The Morgan fingerprint density at radius 2 is 2.20 bits per heavy atom. The van der Waals surface area contributed by atoms with E-state index in [1.165, 1.54) is 6.08 Å². The minimum Gasteiger partial charge on any atom is -0.394 e. The topological polar surface area (TPSA) is 118 Å². The number of hydrogen-bond donors (Lipinski definition) is 3. The summed E-state index contributed by atoms with van der Waals surface area (Å²) in [7, 11) is 1.80. The summed E-state index contributed by atoms with van der Waals surface area (Å²) in [5, 5.41) is 20.6. The van der Waals surface area contributed by atoms with E-state index in [1.54, 1.807) is 24.1 Å². The van der Waals surface area contributed by atoms with Crippen LogP contribution in [0, 0.1) is 18.3 Å². The summed E-state index contributed by atoms with van der Waals surface area (Å²) in [4.78, 5) is 17.5. The van der Waals surface area contributed by atoms with Crippen LogP contribution in [0.25, 0.3) is 5.57 Å². The summed E-state index contributed by atoms with van der Waals surface area (Å²) in [5.74, 6) is -1.10. The molecule has 184 valence electrons. The average molecular weight is 479 g/mol. The Kier molecular flexibility index (Phi) is 6.71. The number of rotatable bonds is 6. The van der Waals surface area contributed by atoms with Crippen molar-refractivity contribution in [1.29, 1.82) is 0 Å². The van der Waals surface area contributed by atoms with E-state index >= 15 is 4.39 Å². The molecule has 1 aromatic carbocycles. The van der Waals surface area contributed by atoms with Crippen molar-refractivity contribution in [2.45, 2.75) is 39.7 Å². The van der Waals surface area contributed by atoms with E-state index < -0.39 is 23.2 Å². The second-order valence-electron chi connectivity index (χ2n) is 9.58. The number of amides is 1. The van der Waals surface area contributed by atoms with Crippen LogP contribution < -0.4 is 11.1 Å². The lowest BCUT2D eigenvalue weighted by Crippen LogP contribution is -2.40. The average Bonchev–Trinajstić information content (AvgIpc) is 3.24. The summed E-state index contributed by atoms with van der Waals surface area (Å²) >= 11 is 0. The van der Waals surface area contributed by atoms with Gasteiger partial charge in [0.2, 0.25) is 0 Å². The lowest BCUT2D eigenvalue weighted by Gasteiger charge is -2.38. The number of nitrogens with two attached hydrogens (primary N) is 1. The fraction of sp³-hybridized carbons (Fsp3) is 0.385. The fourth-order valence-corrected chi connectivity index (χ4v) is 4.85. The molecular formula is C26H31FN6O2. The van der Waals surface area contributed by atoms with Gasteiger partial charge in [-0.15, -0.1) is 5.10 Å². The monoisotopic (exact) mass is 478 g/mol. The van der Waals surface area contributed by atoms with E-state index in [9.17, 15) is 9.90 Å². The molecule has 0 spiro atoms. The minimum atomic E-state index is -0.711. The molecule has 2 unspecified atom stereocenters. The van der Waals surface area contributed by atoms with Crippen LogP contribution in [0.3, 0.4) is 0 Å². The quantitative estimate of drug-likeness (QED) is 0.589. The molecule has 0 fully saturated rings. The molecule has 0 radical (unpaired) electrons. The number of aryl methyl sites for hydroxylation is 2. The second kappa shape index (κ2) is 9.58. The van der Waals surface area contributed by atoms with Crippen LogP contribution >= 0.6 is 0 Å². The molecule has 2 aromatic rings. The standard InChI is InChI=1S/C26H31FN6O2/c1-15-6-5-7-17(8-15)21(14-34)31-24(35)23-16(2)9-19(10-20(23)27)26(3)11-18(12-29-25(26)28)22-13-30-32-33(22)4/h5-8,10,12-13,16,21,34H,9,11,14H2,1-4H3,(H2,28,29)(H,31,35)/t16?,21-,26?/m1/s1. The Morgan fingerprint density at radius 3 is 2.83 bits per heavy atom. The maximum absolute atomic E-state index is 15.5. The Morgan fingerprint density at radius 1 is 1.43 bits per heavy atom. The van der Waals surface area contributed by atoms with E-state index in [4.69, 9.17) is 5.73 Å². The Labute approximate surface area is 204 Å². The number of carbonyl (C=O) groups excluding carboxylic acids is 1. The number of aliphatic imine (C=N–C) groups is 1. The zero-order chi connectivity index (χ0) is 25.3. The van der Waals surface area contributed by atoms with Crippen molar-refractivity contribution in [2.75, 3.05) is 6.61 Å². The first-order valence-corrected chi connectivity index (χ1v) is 11.6. The minimum absolute atomic E-state index is 0.0707. The van der Waals surface area contributed by atoms with Gasteiger partial charge in [-0.05, 0) is 49.8 Å². The van der Waals surface area contributed by atoms with Gasteiger partial charge in [0.1, 0.15) is 11.7 Å². The summed E-state index contributed by atoms with van der Waals surface area (Å²) in [5.41, 5.74) is 9.96. The molecule has 1 aromatic heterocycles. The zero-order valence-corrected chi connectivity index (χ0v) is 20.4. The molecule has 9 heteroatoms. The lowest BCUT2D eigenvalue weighted by atomic mass is 9.69. The number of aliphatic hydroxyl groups is 1. The maximum Gasteiger partial charge on any atom is 0.251 e. The van der Waals surface area contributed by atoms with Crippen molar-refractivity contribution in [1.82, 2.24) is 20.3 Å². The van der Waals surface area contributed by atoms with E-state index in [2.05, 4.69) is 20.6 Å². The summed E-state index contributed by atoms with van der Waals surface area (Å²) in [6.07, 6.45) is 5.75. The third kappa shape index (κ3) is 4.68. The third-order valence-electron chi connectivity index (χ3n) is 6.98. The third-order valence-corrected chi connectivity index (χ3v) is 6.98. The van der Waals surface area contributed by atoms with Crippen molar-refractivity contribution in [3.63, 3.8) is 0 Å². The van der Waals surface area contributed by atoms with Gasteiger partial charge in [0, 0.05) is 13.2 Å². The molecule has 1 aliphatic carbocycles.